The fourth-order valence-electron chi connectivity index (χ4n) is 4.56. The molecule has 0 aliphatic carbocycles. The van der Waals surface area contributed by atoms with Crippen LogP contribution in [0.5, 0.6) is 0 Å². The van der Waals surface area contributed by atoms with Crippen molar-refractivity contribution in [3.8, 4) is 0 Å². The van der Waals surface area contributed by atoms with Gasteiger partial charge in [0.25, 0.3) is 11.1 Å². The minimum absolute atomic E-state index is 0.222. The van der Waals surface area contributed by atoms with E-state index in [9.17, 15) is 9.59 Å². The van der Waals surface area contributed by atoms with Crippen LogP contribution >= 0.6 is 23.2 Å². The lowest BCUT2D eigenvalue weighted by atomic mass is 10.1. The largest absolute Gasteiger partial charge is 0.378 e. The molecule has 0 unspecified atom stereocenters. The highest BCUT2D eigenvalue weighted by atomic mass is 35.5. The number of likely N-dealkylation sites (N-methyl/N-ethyl adjacent to an activating group) is 2. The van der Waals surface area contributed by atoms with Crippen molar-refractivity contribution in [2.75, 3.05) is 50.9 Å². The van der Waals surface area contributed by atoms with Gasteiger partial charge in [-0.05, 0) is 52.9 Å². The molecular weight excluding hydrogens is 503 g/mol. The molecule has 2 saturated heterocycles. The fourth-order valence-corrected chi connectivity index (χ4v) is 5.01. The van der Waals surface area contributed by atoms with Crippen LogP contribution < -0.4 is 21.8 Å². The first kappa shape index (κ1) is 28.4. The maximum absolute atomic E-state index is 11.7. The maximum atomic E-state index is 11.7. The SMILES string of the molecule is CN1CCCC[C@@H](Nc2cnn(C)c(=O)c2Cl)C1.CN1CCCC[C@H](Nc2cnn(C)c(=O)c2Cl)C1. The lowest BCUT2D eigenvalue weighted by Gasteiger charge is -2.22. The lowest BCUT2D eigenvalue weighted by molar-refractivity contribution is 0.339. The van der Waals surface area contributed by atoms with Crippen molar-refractivity contribution in [3.05, 3.63) is 43.1 Å². The van der Waals surface area contributed by atoms with Crippen molar-refractivity contribution >= 4 is 34.6 Å². The number of likely N-dealkylation sites (tertiary alicyclic amines) is 2. The summed E-state index contributed by atoms with van der Waals surface area (Å²) in [7, 11) is 7.42. The third-order valence-corrected chi connectivity index (χ3v) is 7.36. The molecule has 0 bridgehead atoms. The molecule has 2 aliphatic rings. The molecule has 0 aromatic carbocycles. The Hall–Kier alpha value is -2.14. The first-order valence-corrected chi connectivity index (χ1v) is 13.2. The fraction of sp³-hybridized carbons (Fsp3) is 0.667. The second kappa shape index (κ2) is 13.4. The van der Waals surface area contributed by atoms with E-state index in [0.717, 1.165) is 39.0 Å². The Labute approximate surface area is 222 Å². The van der Waals surface area contributed by atoms with Gasteiger partial charge >= 0.3 is 0 Å². The monoisotopic (exact) mass is 540 g/mol. The Kier molecular flexibility index (Phi) is 10.6. The molecule has 2 N–H and O–H groups in total. The number of nitrogens with one attached hydrogen (secondary N) is 2. The number of aryl methyl sites for hydroxylation is 2. The van der Waals surface area contributed by atoms with Gasteiger partial charge in [-0.2, -0.15) is 10.2 Å². The van der Waals surface area contributed by atoms with Gasteiger partial charge < -0.3 is 20.4 Å². The molecule has 200 valence electrons. The van der Waals surface area contributed by atoms with E-state index in [1.54, 1.807) is 26.5 Å². The van der Waals surface area contributed by atoms with Crippen LogP contribution in [-0.4, -0.2) is 81.7 Å². The van der Waals surface area contributed by atoms with Gasteiger partial charge in [-0.1, -0.05) is 36.0 Å². The zero-order chi connectivity index (χ0) is 26.2. The smallest absolute Gasteiger partial charge is 0.287 e. The van der Waals surface area contributed by atoms with Crippen LogP contribution in [0.4, 0.5) is 11.4 Å². The molecule has 4 rings (SSSR count). The average Bonchev–Trinajstić information content (AvgIpc) is 3.19. The van der Waals surface area contributed by atoms with E-state index < -0.39 is 0 Å². The van der Waals surface area contributed by atoms with Crippen molar-refractivity contribution in [2.24, 2.45) is 14.1 Å². The normalized spacial score (nSPS) is 21.6. The minimum atomic E-state index is -0.261. The summed E-state index contributed by atoms with van der Waals surface area (Å²) in [6, 6.07) is 0.646. The van der Waals surface area contributed by atoms with Crippen LogP contribution in [0.3, 0.4) is 0 Å². The van der Waals surface area contributed by atoms with Gasteiger partial charge in [0.2, 0.25) is 0 Å². The number of hydrogen-bond acceptors (Lipinski definition) is 8. The average molecular weight is 542 g/mol. The molecule has 0 saturated carbocycles. The Bertz CT molecular complexity index is 1030. The van der Waals surface area contributed by atoms with Gasteiger partial charge in [-0.15, -0.1) is 0 Å². The topological polar surface area (TPSA) is 100 Å². The molecule has 2 fully saturated rings. The van der Waals surface area contributed by atoms with Crippen molar-refractivity contribution in [1.29, 1.82) is 0 Å². The highest BCUT2D eigenvalue weighted by Gasteiger charge is 2.19. The van der Waals surface area contributed by atoms with E-state index in [1.165, 1.54) is 35.0 Å². The van der Waals surface area contributed by atoms with E-state index in [2.05, 4.69) is 44.7 Å². The van der Waals surface area contributed by atoms with E-state index in [4.69, 9.17) is 23.2 Å². The van der Waals surface area contributed by atoms with Crippen LogP contribution in [0, 0.1) is 0 Å². The number of hydrogen-bond donors (Lipinski definition) is 2. The van der Waals surface area contributed by atoms with E-state index >= 15 is 0 Å². The van der Waals surface area contributed by atoms with Gasteiger partial charge in [0, 0.05) is 39.3 Å². The van der Waals surface area contributed by atoms with Crippen molar-refractivity contribution in [2.45, 2.75) is 50.6 Å². The summed E-state index contributed by atoms with van der Waals surface area (Å²) in [5.41, 5.74) is 0.757. The predicted molar refractivity (Wildman–Crippen MR) is 146 cm³/mol. The van der Waals surface area contributed by atoms with E-state index in [0.29, 0.717) is 23.5 Å². The number of nitrogens with zero attached hydrogens (tertiary/aromatic N) is 6. The van der Waals surface area contributed by atoms with Crippen LogP contribution in [0.2, 0.25) is 10.0 Å². The molecule has 4 heterocycles. The number of rotatable bonds is 4. The van der Waals surface area contributed by atoms with Crippen molar-refractivity contribution < 1.29 is 0 Å². The van der Waals surface area contributed by atoms with Gasteiger partial charge in [-0.25, -0.2) is 9.36 Å². The molecular formula is C24H38Cl2N8O2. The quantitative estimate of drug-likeness (QED) is 0.610. The molecule has 36 heavy (non-hydrogen) atoms. The summed E-state index contributed by atoms with van der Waals surface area (Å²) in [6.45, 7) is 4.18. The third-order valence-electron chi connectivity index (χ3n) is 6.62. The second-order valence-corrected chi connectivity index (χ2v) is 10.6. The third kappa shape index (κ3) is 7.93. The predicted octanol–water partition coefficient (Wildman–Crippen LogP) is 2.66. The Morgan fingerprint density at radius 1 is 0.722 bits per heavy atom. The highest BCUT2D eigenvalue weighted by Crippen LogP contribution is 2.21. The van der Waals surface area contributed by atoms with Gasteiger partial charge in [0.15, 0.2) is 0 Å². The summed E-state index contributed by atoms with van der Waals surface area (Å²) in [5.74, 6) is 0. The van der Waals surface area contributed by atoms with Crippen LogP contribution in [0.25, 0.3) is 0 Å². The lowest BCUT2D eigenvalue weighted by Crippen LogP contribution is -2.33. The Balaban J connectivity index is 0.000000201. The molecule has 2 aliphatic heterocycles. The summed E-state index contributed by atoms with van der Waals surface area (Å²) in [5, 5.41) is 15.1. The summed E-state index contributed by atoms with van der Waals surface area (Å²) in [4.78, 5) is 28.0. The molecule has 0 amide bonds. The van der Waals surface area contributed by atoms with Gasteiger partial charge in [0.1, 0.15) is 10.0 Å². The molecule has 0 radical (unpaired) electrons. The van der Waals surface area contributed by atoms with Crippen LogP contribution in [-0.2, 0) is 14.1 Å². The van der Waals surface area contributed by atoms with Crippen LogP contribution in [0.15, 0.2) is 22.0 Å². The molecule has 2 aromatic heterocycles. The Morgan fingerprint density at radius 3 is 1.50 bits per heavy atom. The standard InChI is InChI=1S/2C12H19ClN4O/c2*1-16-6-4-3-5-9(8-16)15-10-7-14-17(2)12(18)11(10)13/h2*7,9,15H,3-6,8H2,1-2H3/t2*9-/m10/s1. The minimum Gasteiger partial charge on any atom is -0.378 e. The molecule has 12 heteroatoms. The molecule has 10 nitrogen and oxygen atoms in total. The second-order valence-electron chi connectivity index (χ2n) is 9.80. The molecule has 0 spiro atoms. The van der Waals surface area contributed by atoms with Crippen molar-refractivity contribution in [1.82, 2.24) is 29.4 Å². The summed E-state index contributed by atoms with van der Waals surface area (Å²) >= 11 is 12.1. The number of anilines is 2. The highest BCUT2D eigenvalue weighted by molar-refractivity contribution is 6.33. The number of halogens is 2. The Morgan fingerprint density at radius 2 is 1.11 bits per heavy atom. The first-order chi connectivity index (χ1) is 17.2. The maximum Gasteiger partial charge on any atom is 0.287 e. The van der Waals surface area contributed by atoms with Crippen molar-refractivity contribution in [3.63, 3.8) is 0 Å². The number of aromatic nitrogens is 4. The van der Waals surface area contributed by atoms with Crippen LogP contribution in [0.1, 0.15) is 38.5 Å². The van der Waals surface area contributed by atoms with Gasteiger partial charge in [0.05, 0.1) is 23.8 Å². The van der Waals surface area contributed by atoms with E-state index in [1.807, 2.05) is 0 Å². The summed E-state index contributed by atoms with van der Waals surface area (Å²) in [6.07, 6.45) is 10.2. The molecule has 2 atom stereocenters. The molecule has 2 aromatic rings. The van der Waals surface area contributed by atoms with Gasteiger partial charge in [-0.3, -0.25) is 9.59 Å². The van der Waals surface area contributed by atoms with E-state index in [-0.39, 0.29) is 21.2 Å². The first-order valence-electron chi connectivity index (χ1n) is 12.5. The zero-order valence-electron chi connectivity index (χ0n) is 21.6. The zero-order valence-corrected chi connectivity index (χ0v) is 23.1. The summed E-state index contributed by atoms with van der Waals surface area (Å²) < 4.78 is 2.49.